The van der Waals surface area contributed by atoms with E-state index in [9.17, 15) is 4.79 Å². The van der Waals surface area contributed by atoms with Crippen LogP contribution in [0.2, 0.25) is 0 Å². The van der Waals surface area contributed by atoms with Crippen LogP contribution >= 0.6 is 0 Å². The maximum atomic E-state index is 10.9. The third kappa shape index (κ3) is 4.66. The number of hydrogen-bond donors (Lipinski definition) is 1. The zero-order valence-corrected chi connectivity index (χ0v) is 15.6. The van der Waals surface area contributed by atoms with Crippen molar-refractivity contribution in [2.75, 3.05) is 13.1 Å². The Hall–Kier alpha value is -1.17. The van der Waals surface area contributed by atoms with E-state index in [2.05, 4.69) is 11.4 Å². The Morgan fingerprint density at radius 2 is 2.05 bits per heavy atom. The number of benzene rings is 1. The molecule has 1 aromatic heterocycles. The Labute approximate surface area is 145 Å². The van der Waals surface area contributed by atoms with Crippen molar-refractivity contribution >= 4 is 16.9 Å². The number of nitrogens with zero attached hydrogens (tertiary/aromatic N) is 2. The molecule has 0 saturated carbocycles. The summed E-state index contributed by atoms with van der Waals surface area (Å²) in [4.78, 5) is 10.9. The minimum atomic E-state index is -0.820. The number of carbonyl (C=O) groups is 1. The van der Waals surface area contributed by atoms with E-state index >= 15 is 0 Å². The second kappa shape index (κ2) is 9.08. The van der Waals surface area contributed by atoms with Gasteiger partial charge < -0.3 is 15.0 Å². The fourth-order valence-electron chi connectivity index (χ4n) is 2.49. The molecule has 2 heterocycles. The number of carboxylic acid groups (broad SMARTS) is 1. The number of piperidine rings is 1. The predicted octanol–water partition coefficient (Wildman–Crippen LogP) is 3.94. The van der Waals surface area contributed by atoms with Crippen LogP contribution in [0.1, 0.15) is 37.8 Å². The smallest absolute Gasteiger partial charge is 0.662 e. The van der Waals surface area contributed by atoms with E-state index in [0.29, 0.717) is 0 Å². The van der Waals surface area contributed by atoms with Crippen LogP contribution in [0.25, 0.3) is 16.2 Å². The molecule has 5 heteroatoms. The van der Waals surface area contributed by atoms with E-state index in [4.69, 9.17) is 5.11 Å². The molecule has 3 rings (SSSR count). The van der Waals surface area contributed by atoms with E-state index < -0.39 is 12.0 Å². The molecule has 0 aliphatic carbocycles. The van der Waals surface area contributed by atoms with Gasteiger partial charge in [-0.15, -0.1) is 24.5 Å². The summed E-state index contributed by atoms with van der Waals surface area (Å²) >= 11 is 0. The summed E-state index contributed by atoms with van der Waals surface area (Å²) < 4.78 is 1.78. The third-order valence-electron chi connectivity index (χ3n) is 3.78. The molecule has 1 N–H and O–H groups in total. The number of fused-ring (bicyclic) bond motifs is 1. The van der Waals surface area contributed by atoms with Crippen LogP contribution in [0.5, 0.6) is 0 Å². The van der Waals surface area contributed by atoms with Gasteiger partial charge in [0, 0.05) is 0 Å². The quantitative estimate of drug-likeness (QED) is 0.668. The van der Waals surface area contributed by atoms with Crippen molar-refractivity contribution in [2.24, 2.45) is 0 Å². The predicted molar refractivity (Wildman–Crippen MR) is 84.8 cm³/mol. The third-order valence-corrected chi connectivity index (χ3v) is 3.78. The second-order valence-corrected chi connectivity index (χ2v) is 5.41. The fraction of sp³-hybridized carbons (Fsp3) is 0.471. The van der Waals surface area contributed by atoms with E-state index in [0.717, 1.165) is 29.6 Å². The van der Waals surface area contributed by atoms with Gasteiger partial charge in [0.05, 0.1) is 0 Å². The summed E-state index contributed by atoms with van der Waals surface area (Å²) in [7, 11) is 0. The molecule has 0 amide bonds. The van der Waals surface area contributed by atoms with Crippen molar-refractivity contribution in [1.82, 2.24) is 4.57 Å². The van der Waals surface area contributed by atoms with Crippen molar-refractivity contribution in [3.63, 3.8) is 0 Å². The maximum absolute atomic E-state index is 10.9. The molecule has 121 valence electrons. The molecule has 1 atom stereocenters. The van der Waals surface area contributed by atoms with Gasteiger partial charge >= 0.3 is 25.8 Å². The topological polar surface area (TPSA) is 56.3 Å². The van der Waals surface area contributed by atoms with Crippen LogP contribution < -0.4 is 0 Å². The van der Waals surface area contributed by atoms with Gasteiger partial charge in [-0.05, 0) is 20.0 Å². The Morgan fingerprint density at radius 1 is 1.36 bits per heavy atom. The minimum Gasteiger partial charge on any atom is -0.662 e. The molecular formula is C17H22N2O2Os-. The monoisotopic (exact) mass is 478 g/mol. The molecule has 1 unspecified atom stereocenters. The molecule has 1 fully saturated rings. The van der Waals surface area contributed by atoms with Gasteiger partial charge in [-0.25, -0.2) is 4.79 Å². The first-order chi connectivity index (χ1) is 10.1. The molecule has 0 spiro atoms. The van der Waals surface area contributed by atoms with Crippen molar-refractivity contribution in [1.29, 1.82) is 0 Å². The number of carboxylic acids is 1. The van der Waals surface area contributed by atoms with Gasteiger partial charge in [0.1, 0.15) is 6.04 Å². The minimum absolute atomic E-state index is 0. The molecule has 0 bridgehead atoms. The molecule has 1 aliphatic heterocycles. The van der Waals surface area contributed by atoms with Crippen LogP contribution in [0, 0.1) is 13.0 Å². The standard InChI is InChI=1S/C12H12NO2.C5H10N.Os/c1-8-7-13(9(2)12(14)15)11-6-4-3-5-10(8)11;1-2-4-6-5-3-1;/h4-7,9H,1-2H3,(H,14,15);1-5H2;/q2*-1;+1. The van der Waals surface area contributed by atoms with Crippen molar-refractivity contribution in [2.45, 2.75) is 39.2 Å². The molecular weight excluding hydrogens is 454 g/mol. The van der Waals surface area contributed by atoms with Gasteiger partial charge in [-0.1, -0.05) is 30.3 Å². The van der Waals surface area contributed by atoms with Crippen LogP contribution in [-0.2, 0) is 24.6 Å². The largest absolute Gasteiger partial charge is 1.00 e. The molecule has 22 heavy (non-hydrogen) atoms. The van der Waals surface area contributed by atoms with Crippen molar-refractivity contribution < 1.29 is 29.7 Å². The number of hydrogen-bond acceptors (Lipinski definition) is 1. The molecule has 4 nitrogen and oxygen atoms in total. The second-order valence-electron chi connectivity index (χ2n) is 5.41. The molecule has 1 saturated heterocycles. The molecule has 1 aromatic carbocycles. The normalized spacial score (nSPS) is 15.4. The van der Waals surface area contributed by atoms with Crippen molar-refractivity contribution in [3.8, 4) is 0 Å². The van der Waals surface area contributed by atoms with Gasteiger partial charge in [0.25, 0.3) is 0 Å². The summed E-state index contributed by atoms with van der Waals surface area (Å²) in [5.41, 5.74) is 2.02. The number of rotatable bonds is 2. The van der Waals surface area contributed by atoms with Crippen LogP contribution in [0.4, 0.5) is 0 Å². The number of aryl methyl sites for hydroxylation is 1. The van der Waals surface area contributed by atoms with E-state index in [-0.39, 0.29) is 19.8 Å². The van der Waals surface area contributed by atoms with Gasteiger partial charge in [0.2, 0.25) is 0 Å². The zero-order valence-electron chi connectivity index (χ0n) is 13.0. The summed E-state index contributed by atoms with van der Waals surface area (Å²) in [6, 6.07) is 8.03. The summed E-state index contributed by atoms with van der Waals surface area (Å²) in [5.74, 6) is -0.820. The SMILES string of the molecule is C1CC[N-]CC1.Cc1cn(C(C)C(=O)O)c2cc[c-]cc12.[Os+]. The summed E-state index contributed by atoms with van der Waals surface area (Å²) in [5, 5.41) is 14.2. The molecule has 2 aromatic rings. The first kappa shape index (κ1) is 18.9. The average molecular weight is 477 g/mol. The Kier molecular flexibility index (Phi) is 7.79. The van der Waals surface area contributed by atoms with E-state index in [1.165, 1.54) is 19.3 Å². The van der Waals surface area contributed by atoms with E-state index in [1.807, 2.05) is 25.3 Å². The number of aromatic nitrogens is 1. The summed E-state index contributed by atoms with van der Waals surface area (Å²) in [6.07, 6.45) is 5.95. The Bertz CT molecular complexity index is 594. The first-order valence-corrected chi connectivity index (χ1v) is 7.44. The van der Waals surface area contributed by atoms with Crippen LogP contribution in [-0.4, -0.2) is 28.7 Å². The van der Waals surface area contributed by atoms with E-state index in [1.54, 1.807) is 17.6 Å². The average Bonchev–Trinajstić information content (AvgIpc) is 2.86. The summed E-state index contributed by atoms with van der Waals surface area (Å²) in [6.45, 7) is 5.90. The zero-order chi connectivity index (χ0) is 15.2. The van der Waals surface area contributed by atoms with Gasteiger partial charge in [-0.3, -0.25) is 0 Å². The van der Waals surface area contributed by atoms with Gasteiger partial charge in [-0.2, -0.15) is 18.2 Å². The first-order valence-electron chi connectivity index (χ1n) is 7.44. The van der Waals surface area contributed by atoms with Crippen LogP contribution in [0.15, 0.2) is 24.4 Å². The molecule has 1 aliphatic rings. The number of aliphatic carboxylic acids is 1. The molecule has 1 radical (unpaired) electrons. The van der Waals surface area contributed by atoms with Gasteiger partial charge in [0.15, 0.2) is 0 Å². The fourth-order valence-corrected chi connectivity index (χ4v) is 2.49. The Balaban J connectivity index is 0.000000293. The van der Waals surface area contributed by atoms with Crippen molar-refractivity contribution in [3.05, 3.63) is 41.3 Å². The van der Waals surface area contributed by atoms with Crippen LogP contribution in [0.3, 0.4) is 0 Å². The maximum Gasteiger partial charge on any atom is 1.00 e. The Morgan fingerprint density at radius 3 is 2.55 bits per heavy atom.